The van der Waals surface area contributed by atoms with Gasteiger partial charge in [-0.3, -0.25) is 9.69 Å². The molecule has 0 bridgehead atoms. The maximum atomic E-state index is 12.1. The van der Waals surface area contributed by atoms with Crippen molar-refractivity contribution in [3.05, 3.63) is 54.1 Å². The Labute approximate surface area is 164 Å². The lowest BCUT2D eigenvalue weighted by Crippen LogP contribution is -2.56. The summed E-state index contributed by atoms with van der Waals surface area (Å²) in [5.41, 5.74) is 2.21. The van der Waals surface area contributed by atoms with Gasteiger partial charge in [0, 0.05) is 37.6 Å². The number of benzene rings is 1. The highest BCUT2D eigenvalue weighted by atomic mass is 16.4. The van der Waals surface area contributed by atoms with E-state index in [2.05, 4.69) is 15.6 Å². The molecule has 1 aliphatic rings. The monoisotopic (exact) mass is 385 g/mol. The molecule has 1 heterocycles. The lowest BCUT2D eigenvalue weighted by Gasteiger charge is -2.42. The zero-order valence-corrected chi connectivity index (χ0v) is 16.0. The summed E-state index contributed by atoms with van der Waals surface area (Å²) in [6.07, 6.45) is 7.04. The number of carboxylic acid groups (broad SMARTS) is 1. The number of carbonyl (C=O) groups excluding carboxylic acids is 1. The third-order valence-electron chi connectivity index (χ3n) is 5.11. The second-order valence-corrected chi connectivity index (χ2v) is 7.16. The van der Waals surface area contributed by atoms with Crippen LogP contribution < -0.4 is 10.6 Å². The van der Waals surface area contributed by atoms with Crippen molar-refractivity contribution in [3.63, 3.8) is 0 Å². The number of aliphatic carboxylic acids is 1. The van der Waals surface area contributed by atoms with Gasteiger partial charge in [-0.1, -0.05) is 31.2 Å². The van der Waals surface area contributed by atoms with Crippen LogP contribution in [0.3, 0.4) is 0 Å². The highest BCUT2D eigenvalue weighted by Crippen LogP contribution is 2.25. The van der Waals surface area contributed by atoms with E-state index >= 15 is 0 Å². The van der Waals surface area contributed by atoms with E-state index in [9.17, 15) is 9.59 Å². The Morgan fingerprint density at radius 3 is 2.57 bits per heavy atom. The molecule has 8 heteroatoms. The van der Waals surface area contributed by atoms with E-state index in [1.165, 1.54) is 5.56 Å². The van der Waals surface area contributed by atoms with Crippen molar-refractivity contribution >= 4 is 12.0 Å². The Kier molecular flexibility index (Phi) is 6.65. The van der Waals surface area contributed by atoms with E-state index in [0.29, 0.717) is 13.1 Å². The molecule has 0 unspecified atom stereocenters. The van der Waals surface area contributed by atoms with E-state index < -0.39 is 5.97 Å². The fourth-order valence-electron chi connectivity index (χ4n) is 3.45. The molecule has 1 fully saturated rings. The normalized spacial score (nSPS) is 18.5. The minimum atomic E-state index is -0.813. The molecule has 2 aromatic rings. The van der Waals surface area contributed by atoms with E-state index in [1.54, 1.807) is 12.5 Å². The molecular weight excluding hydrogens is 358 g/mol. The molecule has 1 saturated carbocycles. The molecular formula is C20H27N5O3. The van der Waals surface area contributed by atoms with Gasteiger partial charge in [-0.15, -0.1) is 0 Å². The average molecular weight is 385 g/mol. The van der Waals surface area contributed by atoms with Crippen molar-refractivity contribution in [2.24, 2.45) is 0 Å². The van der Waals surface area contributed by atoms with Crippen molar-refractivity contribution in [2.45, 2.75) is 44.9 Å². The van der Waals surface area contributed by atoms with Crippen LogP contribution >= 0.6 is 0 Å². The minimum Gasteiger partial charge on any atom is -0.480 e. The van der Waals surface area contributed by atoms with E-state index in [4.69, 9.17) is 5.11 Å². The van der Waals surface area contributed by atoms with Crippen molar-refractivity contribution < 1.29 is 14.7 Å². The van der Waals surface area contributed by atoms with Gasteiger partial charge < -0.3 is 20.3 Å². The third-order valence-corrected chi connectivity index (χ3v) is 5.11. The number of carbonyl (C=O) groups is 2. The van der Waals surface area contributed by atoms with Crippen LogP contribution in [0.15, 0.2) is 43.0 Å². The summed E-state index contributed by atoms with van der Waals surface area (Å²) in [5.74, 6) is -0.813. The molecule has 3 N–H and O–H groups in total. The maximum Gasteiger partial charge on any atom is 0.317 e. The molecule has 0 saturated heterocycles. The molecule has 8 nitrogen and oxygen atoms in total. The Morgan fingerprint density at radius 2 is 1.96 bits per heavy atom. The van der Waals surface area contributed by atoms with Crippen LogP contribution in [0.2, 0.25) is 0 Å². The van der Waals surface area contributed by atoms with Crippen LogP contribution in [0.5, 0.6) is 0 Å². The predicted octanol–water partition coefficient (Wildman–Crippen LogP) is 1.67. The standard InChI is InChI=1S/C20H27N5O3/c1-2-25(13-19(26)27)18-9-17(10-18)23-20(28)22-11-15-3-5-16(6-4-15)12-24-8-7-21-14-24/h3-8,14,17-18H,2,9-13H2,1H3,(H,26,27)(H2,22,23,28). The van der Waals surface area contributed by atoms with Gasteiger partial charge in [0.2, 0.25) is 0 Å². The summed E-state index contributed by atoms with van der Waals surface area (Å²) in [6.45, 7) is 3.95. The number of nitrogens with zero attached hydrogens (tertiary/aromatic N) is 3. The third kappa shape index (κ3) is 5.56. The number of aromatic nitrogens is 2. The average Bonchev–Trinajstić information content (AvgIpc) is 3.15. The second-order valence-electron chi connectivity index (χ2n) is 7.16. The highest BCUT2D eigenvalue weighted by molar-refractivity contribution is 5.74. The number of nitrogens with one attached hydrogen (secondary N) is 2. The minimum absolute atomic E-state index is 0.0525. The van der Waals surface area contributed by atoms with Crippen molar-refractivity contribution in [1.82, 2.24) is 25.1 Å². The fourth-order valence-corrected chi connectivity index (χ4v) is 3.45. The zero-order chi connectivity index (χ0) is 19.9. The molecule has 28 heavy (non-hydrogen) atoms. The lowest BCUT2D eigenvalue weighted by atomic mass is 9.85. The van der Waals surface area contributed by atoms with Crippen molar-refractivity contribution in [3.8, 4) is 0 Å². The quantitative estimate of drug-likeness (QED) is 0.610. The largest absolute Gasteiger partial charge is 0.480 e. The molecule has 0 spiro atoms. The summed E-state index contributed by atoms with van der Waals surface area (Å²) in [6, 6.07) is 8.26. The van der Waals surface area contributed by atoms with Gasteiger partial charge in [0.1, 0.15) is 0 Å². The van der Waals surface area contributed by atoms with E-state index in [-0.39, 0.29) is 24.7 Å². The van der Waals surface area contributed by atoms with Crippen LogP contribution in [0.25, 0.3) is 0 Å². The molecule has 2 amide bonds. The van der Waals surface area contributed by atoms with Gasteiger partial charge in [0.05, 0.1) is 12.9 Å². The van der Waals surface area contributed by atoms with Gasteiger partial charge in [0.25, 0.3) is 0 Å². The van der Waals surface area contributed by atoms with Gasteiger partial charge in [0.15, 0.2) is 0 Å². The molecule has 3 rings (SSSR count). The highest BCUT2D eigenvalue weighted by Gasteiger charge is 2.34. The number of urea groups is 1. The lowest BCUT2D eigenvalue weighted by molar-refractivity contribution is -0.139. The van der Waals surface area contributed by atoms with Crippen LogP contribution in [0.4, 0.5) is 4.79 Å². The molecule has 0 aliphatic heterocycles. The van der Waals surface area contributed by atoms with Gasteiger partial charge >= 0.3 is 12.0 Å². The Hall–Kier alpha value is -2.87. The molecule has 150 valence electrons. The molecule has 0 radical (unpaired) electrons. The first-order chi connectivity index (χ1) is 13.5. The fraction of sp³-hybridized carbons (Fsp3) is 0.450. The molecule has 0 atom stereocenters. The van der Waals surface area contributed by atoms with Crippen molar-refractivity contribution in [2.75, 3.05) is 13.1 Å². The summed E-state index contributed by atoms with van der Waals surface area (Å²) >= 11 is 0. The topological polar surface area (TPSA) is 99.5 Å². The summed E-state index contributed by atoms with van der Waals surface area (Å²) in [5, 5.41) is 14.8. The number of carboxylic acids is 1. The summed E-state index contributed by atoms with van der Waals surface area (Å²) in [7, 11) is 0. The number of rotatable bonds is 9. The molecule has 1 aromatic heterocycles. The first kappa shape index (κ1) is 19.9. The van der Waals surface area contributed by atoms with E-state index in [1.807, 2.05) is 46.9 Å². The first-order valence-electron chi connectivity index (χ1n) is 9.57. The number of imidazole rings is 1. The second kappa shape index (κ2) is 9.36. The Morgan fingerprint density at radius 1 is 1.25 bits per heavy atom. The van der Waals surface area contributed by atoms with Crippen molar-refractivity contribution in [1.29, 1.82) is 0 Å². The van der Waals surface area contributed by atoms with Gasteiger partial charge in [-0.2, -0.15) is 0 Å². The summed E-state index contributed by atoms with van der Waals surface area (Å²) < 4.78 is 2.00. The van der Waals surface area contributed by atoms with Crippen LogP contribution in [-0.4, -0.2) is 56.7 Å². The Balaban J connectivity index is 1.36. The van der Waals surface area contributed by atoms with Gasteiger partial charge in [-0.05, 0) is 30.5 Å². The maximum absolute atomic E-state index is 12.1. The predicted molar refractivity (Wildman–Crippen MR) is 105 cm³/mol. The number of likely N-dealkylation sites (N-methyl/N-ethyl adjacent to an activating group) is 1. The van der Waals surface area contributed by atoms with Crippen LogP contribution in [0.1, 0.15) is 30.9 Å². The Bertz CT molecular complexity index is 770. The van der Waals surface area contributed by atoms with E-state index in [0.717, 1.165) is 24.9 Å². The van der Waals surface area contributed by atoms with Crippen LogP contribution in [-0.2, 0) is 17.9 Å². The number of amides is 2. The number of hydrogen-bond donors (Lipinski definition) is 3. The molecule has 1 aromatic carbocycles. The molecule has 1 aliphatic carbocycles. The van der Waals surface area contributed by atoms with Gasteiger partial charge in [-0.25, -0.2) is 9.78 Å². The van der Waals surface area contributed by atoms with Crippen LogP contribution in [0, 0.1) is 0 Å². The zero-order valence-electron chi connectivity index (χ0n) is 16.0. The SMILES string of the molecule is CCN(CC(=O)O)C1CC(NC(=O)NCc2ccc(Cn3ccnc3)cc2)C1. The number of hydrogen-bond acceptors (Lipinski definition) is 4. The smallest absolute Gasteiger partial charge is 0.317 e. The first-order valence-corrected chi connectivity index (χ1v) is 9.57. The summed E-state index contributed by atoms with van der Waals surface area (Å²) in [4.78, 5) is 28.9.